The molecule has 1 aliphatic heterocycles. The summed E-state index contributed by atoms with van der Waals surface area (Å²) in [6, 6.07) is 48.7. The first kappa shape index (κ1) is 30.5. The van der Waals surface area contributed by atoms with E-state index in [1.807, 2.05) is 30.3 Å². The van der Waals surface area contributed by atoms with Gasteiger partial charge in [0.15, 0.2) is 0 Å². The SMILES string of the molecule is O=C(c1ccccc1)N(Cc1ccccc1-c1ccc(CNCCc2ccccc2)cc1)C1CCN(Cc2ccccc2)CC1. The summed E-state index contributed by atoms with van der Waals surface area (Å²) in [5.74, 6) is 0.115. The number of carbonyl (C=O) groups excluding carboxylic acids is 1. The monoisotopic (exact) mass is 593 g/mol. The molecule has 1 N–H and O–H groups in total. The molecule has 45 heavy (non-hydrogen) atoms. The molecule has 6 rings (SSSR count). The van der Waals surface area contributed by atoms with Crippen LogP contribution in [-0.4, -0.2) is 41.4 Å². The molecule has 0 aromatic heterocycles. The molecule has 0 aliphatic carbocycles. The van der Waals surface area contributed by atoms with Crippen molar-refractivity contribution in [2.45, 2.75) is 44.9 Å². The van der Waals surface area contributed by atoms with Gasteiger partial charge in [0.1, 0.15) is 0 Å². The molecule has 5 aromatic carbocycles. The Balaban J connectivity index is 1.14. The largest absolute Gasteiger partial charge is 0.331 e. The van der Waals surface area contributed by atoms with E-state index in [9.17, 15) is 4.79 Å². The Labute approximate surface area is 268 Å². The minimum absolute atomic E-state index is 0.115. The van der Waals surface area contributed by atoms with E-state index in [1.165, 1.54) is 33.4 Å². The average molecular weight is 594 g/mol. The molecule has 0 saturated carbocycles. The van der Waals surface area contributed by atoms with Crippen molar-refractivity contribution in [2.24, 2.45) is 0 Å². The molecule has 1 amide bonds. The Bertz CT molecular complexity index is 1610. The third-order valence-corrected chi connectivity index (χ3v) is 8.91. The van der Waals surface area contributed by atoms with Crippen molar-refractivity contribution in [3.63, 3.8) is 0 Å². The second-order valence-corrected chi connectivity index (χ2v) is 12.1. The molecule has 228 valence electrons. The van der Waals surface area contributed by atoms with Crippen LogP contribution >= 0.6 is 0 Å². The molecule has 4 nitrogen and oxygen atoms in total. The molecule has 0 spiro atoms. The zero-order valence-electron chi connectivity index (χ0n) is 26.0. The van der Waals surface area contributed by atoms with Crippen LogP contribution in [-0.2, 0) is 26.1 Å². The van der Waals surface area contributed by atoms with Crippen LogP contribution in [0.2, 0.25) is 0 Å². The Morgan fingerprint density at radius 1 is 0.667 bits per heavy atom. The van der Waals surface area contributed by atoms with E-state index in [0.29, 0.717) is 6.54 Å². The maximum atomic E-state index is 14.0. The van der Waals surface area contributed by atoms with E-state index in [0.717, 1.165) is 57.5 Å². The summed E-state index contributed by atoms with van der Waals surface area (Å²) in [6.45, 7) is 5.32. The second kappa shape index (κ2) is 15.5. The van der Waals surface area contributed by atoms with E-state index in [4.69, 9.17) is 0 Å². The fourth-order valence-electron chi connectivity index (χ4n) is 6.38. The first-order valence-corrected chi connectivity index (χ1v) is 16.3. The normalized spacial score (nSPS) is 13.9. The highest BCUT2D eigenvalue weighted by atomic mass is 16.2. The maximum absolute atomic E-state index is 14.0. The molecule has 1 saturated heterocycles. The summed E-state index contributed by atoms with van der Waals surface area (Å²) in [5.41, 5.74) is 8.28. The van der Waals surface area contributed by atoms with Crippen LogP contribution in [0.25, 0.3) is 11.1 Å². The lowest BCUT2D eigenvalue weighted by molar-refractivity contribution is 0.0543. The van der Waals surface area contributed by atoms with Crippen molar-refractivity contribution in [1.29, 1.82) is 0 Å². The number of nitrogens with one attached hydrogen (secondary N) is 1. The van der Waals surface area contributed by atoms with Gasteiger partial charge in [-0.2, -0.15) is 0 Å². The molecular formula is C41H43N3O. The summed E-state index contributed by atoms with van der Waals surface area (Å²) in [5, 5.41) is 3.58. The lowest BCUT2D eigenvalue weighted by Gasteiger charge is -2.39. The van der Waals surface area contributed by atoms with Gasteiger partial charge in [-0.25, -0.2) is 0 Å². The highest BCUT2D eigenvalue weighted by Gasteiger charge is 2.29. The third kappa shape index (κ3) is 8.36. The van der Waals surface area contributed by atoms with Crippen LogP contribution in [0.4, 0.5) is 0 Å². The second-order valence-electron chi connectivity index (χ2n) is 12.1. The Hall–Kier alpha value is -4.51. The highest BCUT2D eigenvalue weighted by Crippen LogP contribution is 2.29. The van der Waals surface area contributed by atoms with Crippen molar-refractivity contribution in [2.75, 3.05) is 19.6 Å². The van der Waals surface area contributed by atoms with Gasteiger partial charge in [-0.3, -0.25) is 9.69 Å². The van der Waals surface area contributed by atoms with Gasteiger partial charge in [0.25, 0.3) is 5.91 Å². The first-order chi connectivity index (χ1) is 22.2. The standard InChI is InChI=1S/C41H43N3O/c45-41(37-16-8-3-9-17-37)44(39-25-28-43(29-26-39)31-35-14-6-2-7-15-35)32-38-18-10-11-19-40(38)36-22-20-34(21-23-36)30-42-27-24-33-12-4-1-5-13-33/h1-23,39,42H,24-32H2. The van der Waals surface area contributed by atoms with E-state index in [-0.39, 0.29) is 11.9 Å². The number of hydrogen-bond donors (Lipinski definition) is 1. The molecule has 0 atom stereocenters. The number of hydrogen-bond acceptors (Lipinski definition) is 3. The number of nitrogens with zero attached hydrogens (tertiary/aromatic N) is 2. The fraction of sp³-hybridized carbons (Fsp3) is 0.244. The van der Waals surface area contributed by atoms with Crippen LogP contribution in [0.1, 0.15) is 45.5 Å². The predicted molar refractivity (Wildman–Crippen MR) is 185 cm³/mol. The topological polar surface area (TPSA) is 35.6 Å². The van der Waals surface area contributed by atoms with Crippen molar-refractivity contribution in [3.8, 4) is 11.1 Å². The van der Waals surface area contributed by atoms with Gasteiger partial charge in [0.2, 0.25) is 0 Å². The van der Waals surface area contributed by atoms with E-state index in [2.05, 4.69) is 124 Å². The van der Waals surface area contributed by atoms with Gasteiger partial charge in [-0.15, -0.1) is 0 Å². The molecule has 1 fully saturated rings. The van der Waals surface area contributed by atoms with Gasteiger partial charge in [0.05, 0.1) is 0 Å². The van der Waals surface area contributed by atoms with Gasteiger partial charge >= 0.3 is 0 Å². The van der Waals surface area contributed by atoms with E-state index in [1.54, 1.807) is 0 Å². The number of likely N-dealkylation sites (tertiary alicyclic amines) is 1. The fourth-order valence-corrected chi connectivity index (χ4v) is 6.38. The zero-order valence-corrected chi connectivity index (χ0v) is 26.0. The maximum Gasteiger partial charge on any atom is 0.254 e. The lowest BCUT2D eigenvalue weighted by Crippen LogP contribution is -2.47. The van der Waals surface area contributed by atoms with Crippen LogP contribution in [0.5, 0.6) is 0 Å². The summed E-state index contributed by atoms with van der Waals surface area (Å²) >= 11 is 0. The quantitative estimate of drug-likeness (QED) is 0.149. The summed E-state index contributed by atoms with van der Waals surface area (Å²) in [7, 11) is 0. The highest BCUT2D eigenvalue weighted by molar-refractivity contribution is 5.94. The molecule has 0 radical (unpaired) electrons. The van der Waals surface area contributed by atoms with Crippen molar-refractivity contribution >= 4 is 5.91 Å². The lowest BCUT2D eigenvalue weighted by atomic mass is 9.96. The van der Waals surface area contributed by atoms with Crippen LogP contribution in [0.15, 0.2) is 140 Å². The minimum atomic E-state index is 0.115. The molecule has 5 aromatic rings. The Morgan fingerprint density at radius 3 is 1.96 bits per heavy atom. The summed E-state index contributed by atoms with van der Waals surface area (Å²) in [6.07, 6.45) is 2.97. The molecule has 0 unspecified atom stereocenters. The van der Waals surface area contributed by atoms with E-state index >= 15 is 0 Å². The van der Waals surface area contributed by atoms with E-state index < -0.39 is 0 Å². The molecule has 1 aliphatic rings. The molecule has 4 heteroatoms. The van der Waals surface area contributed by atoms with Crippen LogP contribution in [0, 0.1) is 0 Å². The number of amides is 1. The molecule has 1 heterocycles. The van der Waals surface area contributed by atoms with Crippen LogP contribution in [0.3, 0.4) is 0 Å². The predicted octanol–water partition coefficient (Wildman–Crippen LogP) is 7.99. The first-order valence-electron chi connectivity index (χ1n) is 16.3. The van der Waals surface area contributed by atoms with Gasteiger partial charge in [-0.05, 0) is 71.3 Å². The van der Waals surface area contributed by atoms with Crippen molar-refractivity contribution < 1.29 is 4.79 Å². The average Bonchev–Trinajstić information content (AvgIpc) is 3.11. The van der Waals surface area contributed by atoms with Crippen molar-refractivity contribution in [1.82, 2.24) is 15.1 Å². The number of benzene rings is 5. The van der Waals surface area contributed by atoms with Gasteiger partial charge in [0, 0.05) is 44.3 Å². The smallest absolute Gasteiger partial charge is 0.254 e. The Morgan fingerprint density at radius 2 is 1.27 bits per heavy atom. The number of piperidine rings is 1. The van der Waals surface area contributed by atoms with Crippen molar-refractivity contribution in [3.05, 3.63) is 167 Å². The van der Waals surface area contributed by atoms with Crippen LogP contribution < -0.4 is 5.32 Å². The number of rotatable bonds is 12. The zero-order chi connectivity index (χ0) is 30.7. The van der Waals surface area contributed by atoms with Gasteiger partial charge in [-0.1, -0.05) is 127 Å². The third-order valence-electron chi connectivity index (χ3n) is 8.91. The summed E-state index contributed by atoms with van der Waals surface area (Å²) in [4.78, 5) is 18.7. The summed E-state index contributed by atoms with van der Waals surface area (Å²) < 4.78 is 0. The number of carbonyl (C=O) groups is 1. The minimum Gasteiger partial charge on any atom is -0.331 e. The van der Waals surface area contributed by atoms with Gasteiger partial charge < -0.3 is 10.2 Å². The Kier molecular flexibility index (Phi) is 10.5. The molecule has 0 bridgehead atoms. The molecular weight excluding hydrogens is 550 g/mol.